The van der Waals surface area contributed by atoms with E-state index in [1.54, 1.807) is 53.4 Å². The molecule has 1 aliphatic heterocycles. The molecule has 4 aromatic rings. The predicted octanol–water partition coefficient (Wildman–Crippen LogP) is 5.15. The van der Waals surface area contributed by atoms with E-state index < -0.39 is 9.84 Å². The van der Waals surface area contributed by atoms with E-state index in [1.807, 2.05) is 0 Å². The number of ether oxygens (including phenoxy) is 1. The lowest BCUT2D eigenvalue weighted by atomic mass is 10.1. The smallest absolute Gasteiger partial charge is 0.271 e. The van der Waals surface area contributed by atoms with Crippen LogP contribution in [0.4, 0.5) is 0 Å². The number of para-hydroxylation sites is 1. The molecule has 0 atom stereocenters. The Morgan fingerprint density at radius 1 is 0.972 bits per heavy atom. The molecule has 1 amide bonds. The third kappa shape index (κ3) is 4.62. The van der Waals surface area contributed by atoms with Crippen molar-refractivity contribution in [3.05, 3.63) is 89.1 Å². The maximum Gasteiger partial charge on any atom is 0.271 e. The van der Waals surface area contributed by atoms with Crippen molar-refractivity contribution in [2.45, 2.75) is 28.7 Å². The number of aromatic amines is 1. The maximum atomic E-state index is 13.7. The number of rotatable bonds is 6. The van der Waals surface area contributed by atoms with Gasteiger partial charge in [0, 0.05) is 47.4 Å². The quantitative estimate of drug-likeness (QED) is 0.353. The van der Waals surface area contributed by atoms with Crippen LogP contribution in [0.5, 0.6) is 5.75 Å². The first-order valence-corrected chi connectivity index (χ1v) is 13.4. The number of aromatic nitrogens is 1. The van der Waals surface area contributed by atoms with Crippen molar-refractivity contribution in [1.29, 1.82) is 0 Å². The summed E-state index contributed by atoms with van der Waals surface area (Å²) < 4.78 is 33.3. The lowest BCUT2D eigenvalue weighted by Crippen LogP contribution is -2.42. The highest BCUT2D eigenvalue weighted by molar-refractivity contribution is 7.91. The van der Waals surface area contributed by atoms with E-state index in [0.29, 0.717) is 53.2 Å². The summed E-state index contributed by atoms with van der Waals surface area (Å²) in [5.41, 5.74) is 1.20. The van der Waals surface area contributed by atoms with Gasteiger partial charge in [-0.05, 0) is 54.6 Å². The molecule has 184 valence electrons. The van der Waals surface area contributed by atoms with E-state index in [4.69, 9.17) is 16.3 Å². The Labute approximate surface area is 213 Å². The van der Waals surface area contributed by atoms with Gasteiger partial charge in [0.25, 0.3) is 5.91 Å². The van der Waals surface area contributed by atoms with Crippen LogP contribution in [0.3, 0.4) is 0 Å². The number of fused-ring (bicyclic) bond motifs is 1. The SMILES string of the molecule is O=Cc1ccc(OC2CCN(C(=O)c3[nH]c4ccccc4c3S(=O)(=O)c3ccc(Cl)cc3)CC2)cc1. The minimum Gasteiger partial charge on any atom is -0.490 e. The lowest BCUT2D eigenvalue weighted by Gasteiger charge is -2.32. The molecule has 3 aromatic carbocycles. The van der Waals surface area contributed by atoms with Crippen molar-refractivity contribution < 1.29 is 22.7 Å². The van der Waals surface area contributed by atoms with Crippen LogP contribution in [0.1, 0.15) is 33.7 Å². The Hall–Kier alpha value is -3.62. The van der Waals surface area contributed by atoms with Crippen LogP contribution in [0.15, 0.2) is 82.6 Å². The molecule has 36 heavy (non-hydrogen) atoms. The number of amides is 1. The molecular weight excluding hydrogens is 500 g/mol. The molecular formula is C27H23ClN2O5S. The molecule has 7 nitrogen and oxygen atoms in total. The topological polar surface area (TPSA) is 96.5 Å². The van der Waals surface area contributed by atoms with E-state index in [1.165, 1.54) is 24.3 Å². The van der Waals surface area contributed by atoms with Crippen molar-refractivity contribution in [3.63, 3.8) is 0 Å². The van der Waals surface area contributed by atoms with Crippen LogP contribution < -0.4 is 4.74 Å². The fourth-order valence-electron chi connectivity index (χ4n) is 4.43. The number of H-pyrrole nitrogens is 1. The van der Waals surface area contributed by atoms with E-state index in [9.17, 15) is 18.0 Å². The monoisotopic (exact) mass is 522 g/mol. The van der Waals surface area contributed by atoms with Crippen LogP contribution in [-0.2, 0) is 9.84 Å². The van der Waals surface area contributed by atoms with Gasteiger partial charge >= 0.3 is 0 Å². The second-order valence-corrected chi connectivity index (χ2v) is 11.0. The number of likely N-dealkylation sites (tertiary alicyclic amines) is 1. The summed E-state index contributed by atoms with van der Waals surface area (Å²) in [6.45, 7) is 0.845. The average molecular weight is 523 g/mol. The molecule has 5 rings (SSSR count). The van der Waals surface area contributed by atoms with Gasteiger partial charge in [-0.15, -0.1) is 0 Å². The zero-order valence-electron chi connectivity index (χ0n) is 19.2. The summed E-state index contributed by atoms with van der Waals surface area (Å²) in [5.74, 6) is 0.296. The molecule has 0 saturated carbocycles. The molecule has 0 spiro atoms. The number of sulfone groups is 1. The van der Waals surface area contributed by atoms with Crippen molar-refractivity contribution in [3.8, 4) is 5.75 Å². The first-order chi connectivity index (χ1) is 17.4. The minimum absolute atomic E-state index is 0.0286. The van der Waals surface area contributed by atoms with Gasteiger partial charge in [0.1, 0.15) is 28.7 Å². The van der Waals surface area contributed by atoms with Crippen LogP contribution in [0, 0.1) is 0 Å². The highest BCUT2D eigenvalue weighted by Gasteiger charge is 2.33. The highest BCUT2D eigenvalue weighted by atomic mass is 35.5. The number of hydrogen-bond donors (Lipinski definition) is 1. The second-order valence-electron chi connectivity index (χ2n) is 8.63. The molecule has 1 aliphatic rings. The third-order valence-corrected chi connectivity index (χ3v) is 8.42. The van der Waals surface area contributed by atoms with Gasteiger partial charge in [0.2, 0.25) is 9.84 Å². The van der Waals surface area contributed by atoms with Crippen molar-refractivity contribution in [2.75, 3.05) is 13.1 Å². The number of piperidine rings is 1. The average Bonchev–Trinajstić information content (AvgIpc) is 3.30. The standard InChI is InChI=1S/C27H23ClN2O5S/c28-19-7-11-22(12-8-19)36(33,34)26-23-3-1-2-4-24(23)29-25(26)27(32)30-15-13-21(14-16-30)35-20-9-5-18(17-31)6-10-20/h1-12,17,21,29H,13-16H2. The van der Waals surface area contributed by atoms with Crippen LogP contribution >= 0.6 is 11.6 Å². The molecule has 1 aromatic heterocycles. The predicted molar refractivity (Wildman–Crippen MR) is 137 cm³/mol. The Morgan fingerprint density at radius 2 is 1.64 bits per heavy atom. The molecule has 2 heterocycles. The second kappa shape index (κ2) is 9.79. The number of halogens is 1. The van der Waals surface area contributed by atoms with Crippen LogP contribution in [0.25, 0.3) is 10.9 Å². The van der Waals surface area contributed by atoms with Gasteiger partial charge in [-0.25, -0.2) is 8.42 Å². The maximum absolute atomic E-state index is 13.7. The zero-order chi connectivity index (χ0) is 25.3. The molecule has 0 unspecified atom stereocenters. The number of carbonyl (C=O) groups is 2. The Balaban J connectivity index is 1.39. The lowest BCUT2D eigenvalue weighted by molar-refractivity contribution is 0.0587. The molecule has 1 fully saturated rings. The summed E-state index contributed by atoms with van der Waals surface area (Å²) in [6.07, 6.45) is 1.89. The Kier molecular flexibility index (Phi) is 6.55. The van der Waals surface area contributed by atoms with Gasteiger partial charge in [-0.1, -0.05) is 29.8 Å². The van der Waals surface area contributed by atoms with E-state index in [-0.39, 0.29) is 27.5 Å². The van der Waals surface area contributed by atoms with Crippen LogP contribution in [-0.4, -0.2) is 49.7 Å². The van der Waals surface area contributed by atoms with Crippen molar-refractivity contribution in [2.24, 2.45) is 0 Å². The largest absolute Gasteiger partial charge is 0.490 e. The number of carbonyl (C=O) groups excluding carboxylic acids is 2. The summed E-state index contributed by atoms with van der Waals surface area (Å²) in [6, 6.07) is 19.8. The number of aldehydes is 1. The van der Waals surface area contributed by atoms with Gasteiger partial charge in [0.05, 0.1) is 4.90 Å². The van der Waals surface area contributed by atoms with E-state index >= 15 is 0 Å². The zero-order valence-corrected chi connectivity index (χ0v) is 20.8. The summed E-state index contributed by atoms with van der Waals surface area (Å²) >= 11 is 5.96. The summed E-state index contributed by atoms with van der Waals surface area (Å²) in [7, 11) is -4.00. The van der Waals surface area contributed by atoms with E-state index in [0.717, 1.165) is 6.29 Å². The van der Waals surface area contributed by atoms with Crippen molar-refractivity contribution in [1.82, 2.24) is 9.88 Å². The molecule has 1 N–H and O–H groups in total. The first kappa shape index (κ1) is 24.1. The summed E-state index contributed by atoms with van der Waals surface area (Å²) in [5, 5.41) is 0.890. The minimum atomic E-state index is -4.00. The molecule has 0 radical (unpaired) electrons. The highest BCUT2D eigenvalue weighted by Crippen LogP contribution is 2.33. The molecule has 0 aliphatic carbocycles. The van der Waals surface area contributed by atoms with Gasteiger partial charge < -0.3 is 14.6 Å². The Bertz CT molecular complexity index is 1520. The molecule has 1 saturated heterocycles. The molecule has 9 heteroatoms. The number of nitrogens with one attached hydrogen (secondary N) is 1. The fourth-order valence-corrected chi connectivity index (χ4v) is 6.16. The number of hydrogen-bond acceptors (Lipinski definition) is 5. The van der Waals surface area contributed by atoms with Gasteiger partial charge in [-0.2, -0.15) is 0 Å². The van der Waals surface area contributed by atoms with E-state index in [2.05, 4.69) is 4.98 Å². The van der Waals surface area contributed by atoms with Gasteiger partial charge in [0.15, 0.2) is 0 Å². The number of nitrogens with zero attached hydrogens (tertiary/aromatic N) is 1. The molecule has 0 bridgehead atoms. The van der Waals surface area contributed by atoms with Crippen molar-refractivity contribution >= 4 is 44.5 Å². The number of benzene rings is 3. The normalized spacial score (nSPS) is 14.6. The first-order valence-electron chi connectivity index (χ1n) is 11.5. The van der Waals surface area contributed by atoms with Crippen LogP contribution in [0.2, 0.25) is 5.02 Å². The Morgan fingerprint density at radius 3 is 2.31 bits per heavy atom. The fraction of sp³-hybridized carbons (Fsp3) is 0.185. The van der Waals surface area contributed by atoms with Gasteiger partial charge in [-0.3, -0.25) is 9.59 Å². The summed E-state index contributed by atoms with van der Waals surface area (Å²) in [4.78, 5) is 29.2. The third-order valence-electron chi connectivity index (χ3n) is 6.31.